The molecule has 5 heteroatoms. The summed E-state index contributed by atoms with van der Waals surface area (Å²) >= 11 is 5.57. The van der Waals surface area contributed by atoms with Gasteiger partial charge in [0.2, 0.25) is 0 Å². The molecule has 0 atom stereocenters. The maximum atomic E-state index is 13.3. The van der Waals surface area contributed by atoms with Gasteiger partial charge in [0.1, 0.15) is 5.52 Å². The number of rotatable bonds is 1. The molecule has 0 aliphatic heterocycles. The van der Waals surface area contributed by atoms with Gasteiger partial charge in [0.15, 0.2) is 5.82 Å². The topological polar surface area (TPSA) is 37.9 Å². The van der Waals surface area contributed by atoms with E-state index in [0.717, 1.165) is 0 Å². The molecule has 0 aliphatic rings. The summed E-state index contributed by atoms with van der Waals surface area (Å²) in [4.78, 5) is 6.64. The van der Waals surface area contributed by atoms with Crippen LogP contribution in [0.1, 0.15) is 0 Å². The van der Waals surface area contributed by atoms with Crippen LogP contribution in [0.15, 0.2) is 12.1 Å². The molecule has 2 aromatic rings. The third-order valence-electron chi connectivity index (χ3n) is 1.72. The lowest BCUT2D eigenvalue weighted by Gasteiger charge is -1.91. The van der Waals surface area contributed by atoms with Crippen molar-refractivity contribution in [3.8, 4) is 6.01 Å². The first-order chi connectivity index (χ1) is 6.22. The van der Waals surface area contributed by atoms with Crippen molar-refractivity contribution in [3.63, 3.8) is 0 Å². The van der Waals surface area contributed by atoms with E-state index in [4.69, 9.17) is 16.3 Å². The summed E-state index contributed by atoms with van der Waals surface area (Å²) in [7, 11) is 1.46. The maximum absolute atomic E-state index is 13.3. The first-order valence-electron chi connectivity index (χ1n) is 3.60. The second-order valence-electron chi connectivity index (χ2n) is 2.50. The molecule has 13 heavy (non-hydrogen) atoms. The number of hydrogen-bond donors (Lipinski definition) is 1. The van der Waals surface area contributed by atoms with E-state index >= 15 is 0 Å². The smallest absolute Gasteiger partial charge is 0.294 e. The lowest BCUT2D eigenvalue weighted by Crippen LogP contribution is -1.83. The van der Waals surface area contributed by atoms with Crippen LogP contribution in [0.25, 0.3) is 11.0 Å². The standard InChI is InChI=1S/C8H6ClFN2O/c1-13-8-11-5-3-2-4(9)6(10)7(5)12-8/h2-3H,1H3,(H,11,12). The van der Waals surface area contributed by atoms with Crippen LogP contribution in [-0.4, -0.2) is 17.1 Å². The number of H-pyrrole nitrogens is 1. The quantitative estimate of drug-likeness (QED) is 0.768. The van der Waals surface area contributed by atoms with Gasteiger partial charge < -0.3 is 9.72 Å². The normalized spacial score (nSPS) is 10.7. The predicted molar refractivity (Wildman–Crippen MR) is 47.6 cm³/mol. The number of nitrogens with zero attached hydrogens (tertiary/aromatic N) is 1. The van der Waals surface area contributed by atoms with Crippen molar-refractivity contribution in [1.29, 1.82) is 0 Å². The Morgan fingerprint density at radius 3 is 3.00 bits per heavy atom. The monoisotopic (exact) mass is 200 g/mol. The molecule has 0 radical (unpaired) electrons. The number of benzene rings is 1. The molecule has 1 aromatic heterocycles. The number of imidazole rings is 1. The Bertz CT molecular complexity index is 455. The molecule has 0 spiro atoms. The highest BCUT2D eigenvalue weighted by Crippen LogP contribution is 2.24. The minimum Gasteiger partial charge on any atom is -0.468 e. The SMILES string of the molecule is COc1nc2c(F)c(Cl)ccc2[nH]1. The fraction of sp³-hybridized carbons (Fsp3) is 0.125. The Hall–Kier alpha value is -1.29. The van der Waals surface area contributed by atoms with Crippen LogP contribution < -0.4 is 4.74 Å². The van der Waals surface area contributed by atoms with Gasteiger partial charge in [0, 0.05) is 0 Å². The Morgan fingerprint density at radius 2 is 2.31 bits per heavy atom. The summed E-state index contributed by atoms with van der Waals surface area (Å²) in [5.74, 6) is -0.529. The highest BCUT2D eigenvalue weighted by molar-refractivity contribution is 6.31. The zero-order chi connectivity index (χ0) is 9.42. The first kappa shape index (κ1) is 8.31. The second kappa shape index (κ2) is 2.88. The molecule has 0 amide bonds. The lowest BCUT2D eigenvalue weighted by molar-refractivity contribution is 0.385. The van der Waals surface area contributed by atoms with E-state index in [0.29, 0.717) is 5.52 Å². The molecule has 1 heterocycles. The zero-order valence-corrected chi connectivity index (χ0v) is 7.52. The van der Waals surface area contributed by atoms with Gasteiger partial charge in [-0.15, -0.1) is 0 Å². The van der Waals surface area contributed by atoms with Crippen molar-refractivity contribution in [2.75, 3.05) is 7.11 Å². The predicted octanol–water partition coefficient (Wildman–Crippen LogP) is 2.36. The fourth-order valence-electron chi connectivity index (χ4n) is 1.09. The van der Waals surface area contributed by atoms with Gasteiger partial charge in [-0.3, -0.25) is 0 Å². The number of aromatic nitrogens is 2. The number of hydrogen-bond acceptors (Lipinski definition) is 2. The third-order valence-corrected chi connectivity index (χ3v) is 2.01. The van der Waals surface area contributed by atoms with E-state index in [9.17, 15) is 4.39 Å². The number of methoxy groups -OCH3 is 1. The van der Waals surface area contributed by atoms with Crippen molar-refractivity contribution in [2.45, 2.75) is 0 Å². The minimum atomic E-state index is -0.529. The molecule has 0 fully saturated rings. The number of halogens is 2. The zero-order valence-electron chi connectivity index (χ0n) is 6.77. The molecular weight excluding hydrogens is 195 g/mol. The van der Waals surface area contributed by atoms with E-state index in [1.165, 1.54) is 13.2 Å². The molecule has 1 N–H and O–H groups in total. The molecule has 2 rings (SSSR count). The molecular formula is C8H6ClFN2O. The van der Waals surface area contributed by atoms with Crippen LogP contribution in [0.2, 0.25) is 5.02 Å². The second-order valence-corrected chi connectivity index (χ2v) is 2.91. The van der Waals surface area contributed by atoms with Crippen molar-refractivity contribution < 1.29 is 9.13 Å². The van der Waals surface area contributed by atoms with Crippen molar-refractivity contribution in [3.05, 3.63) is 23.0 Å². The maximum Gasteiger partial charge on any atom is 0.294 e. The van der Waals surface area contributed by atoms with Crippen molar-refractivity contribution in [1.82, 2.24) is 9.97 Å². The lowest BCUT2D eigenvalue weighted by atomic mass is 10.3. The minimum absolute atomic E-state index is 0.0571. The largest absolute Gasteiger partial charge is 0.468 e. The van der Waals surface area contributed by atoms with E-state index < -0.39 is 5.82 Å². The molecule has 0 bridgehead atoms. The van der Waals surface area contributed by atoms with Gasteiger partial charge in [0.05, 0.1) is 17.6 Å². The van der Waals surface area contributed by atoms with Crippen LogP contribution in [-0.2, 0) is 0 Å². The van der Waals surface area contributed by atoms with E-state index in [2.05, 4.69) is 9.97 Å². The number of nitrogens with one attached hydrogen (secondary N) is 1. The highest BCUT2D eigenvalue weighted by atomic mass is 35.5. The van der Waals surface area contributed by atoms with Crippen LogP contribution in [0.5, 0.6) is 6.01 Å². The van der Waals surface area contributed by atoms with Crippen molar-refractivity contribution >= 4 is 22.6 Å². The van der Waals surface area contributed by atoms with Crippen LogP contribution in [0, 0.1) is 5.82 Å². The molecule has 0 aliphatic carbocycles. The van der Waals surface area contributed by atoms with Gasteiger partial charge in [-0.2, -0.15) is 4.98 Å². The van der Waals surface area contributed by atoms with Crippen molar-refractivity contribution in [2.24, 2.45) is 0 Å². The fourth-order valence-corrected chi connectivity index (χ4v) is 1.24. The third kappa shape index (κ3) is 1.23. The van der Waals surface area contributed by atoms with Gasteiger partial charge in [-0.1, -0.05) is 11.6 Å². The van der Waals surface area contributed by atoms with Crippen LogP contribution >= 0.6 is 11.6 Å². The average molecular weight is 201 g/mol. The number of ether oxygens (including phenoxy) is 1. The summed E-state index contributed by atoms with van der Waals surface area (Å²) < 4.78 is 18.1. The summed E-state index contributed by atoms with van der Waals surface area (Å²) in [6, 6.07) is 3.39. The molecule has 68 valence electrons. The van der Waals surface area contributed by atoms with Gasteiger partial charge in [-0.05, 0) is 12.1 Å². The Labute approximate surface area is 78.5 Å². The molecule has 1 aromatic carbocycles. The first-order valence-corrected chi connectivity index (χ1v) is 3.98. The summed E-state index contributed by atoms with van der Waals surface area (Å²) in [6.07, 6.45) is 0. The average Bonchev–Trinajstić information content (AvgIpc) is 2.55. The van der Waals surface area contributed by atoms with Gasteiger partial charge in [0.25, 0.3) is 6.01 Å². The van der Waals surface area contributed by atoms with E-state index in [-0.39, 0.29) is 16.5 Å². The number of aromatic amines is 1. The molecule has 0 saturated heterocycles. The van der Waals surface area contributed by atoms with Gasteiger partial charge >= 0.3 is 0 Å². The molecule has 3 nitrogen and oxygen atoms in total. The Balaban J connectivity index is 2.76. The van der Waals surface area contributed by atoms with E-state index in [1.54, 1.807) is 6.07 Å². The molecule has 0 saturated carbocycles. The van der Waals surface area contributed by atoms with E-state index in [1.807, 2.05) is 0 Å². The number of fused-ring (bicyclic) bond motifs is 1. The molecule has 0 unspecified atom stereocenters. The Kier molecular flexibility index (Phi) is 1.84. The highest BCUT2D eigenvalue weighted by Gasteiger charge is 2.10. The Morgan fingerprint density at radius 1 is 1.54 bits per heavy atom. The van der Waals surface area contributed by atoms with Crippen LogP contribution in [0.4, 0.5) is 4.39 Å². The summed E-state index contributed by atoms with van der Waals surface area (Å²) in [5, 5.41) is 0.0571. The van der Waals surface area contributed by atoms with Crippen LogP contribution in [0.3, 0.4) is 0 Å². The summed E-state index contributed by atoms with van der Waals surface area (Å²) in [5.41, 5.74) is 0.767. The van der Waals surface area contributed by atoms with Gasteiger partial charge in [-0.25, -0.2) is 4.39 Å². The summed E-state index contributed by atoms with van der Waals surface area (Å²) in [6.45, 7) is 0.